The van der Waals surface area contributed by atoms with Crippen molar-refractivity contribution < 1.29 is 4.74 Å². The van der Waals surface area contributed by atoms with Gasteiger partial charge in [0.15, 0.2) is 5.60 Å². The minimum Gasteiger partial charge on any atom is -0.363 e. The molecule has 0 saturated carbocycles. The Balaban J connectivity index is 2.56. The highest BCUT2D eigenvalue weighted by molar-refractivity contribution is 14.1. The molecular formula is C15H18INO. The number of aryl methyl sites for hydroxylation is 1. The van der Waals surface area contributed by atoms with E-state index >= 15 is 0 Å². The van der Waals surface area contributed by atoms with Crippen LogP contribution in [-0.4, -0.2) is 12.7 Å². The number of fused-ring (bicyclic) bond motifs is 1. The van der Waals surface area contributed by atoms with Crippen molar-refractivity contribution in [2.45, 2.75) is 38.2 Å². The standard InChI is InChI=1S/C15H18INO/c1-10(2)14-13-5-4-12(16)8-11(13)6-7-15(14,9-17)18-3/h4-5,8,10,14H,6-7H2,1-3H3. The zero-order valence-electron chi connectivity index (χ0n) is 11.0. The summed E-state index contributed by atoms with van der Waals surface area (Å²) in [7, 11) is 1.66. The van der Waals surface area contributed by atoms with E-state index in [1.807, 2.05) is 0 Å². The Morgan fingerprint density at radius 2 is 2.22 bits per heavy atom. The lowest BCUT2D eigenvalue weighted by Crippen LogP contribution is -2.43. The molecule has 1 aromatic rings. The Bertz CT molecular complexity index is 492. The Hall–Kier alpha value is -0.600. The molecule has 3 heteroatoms. The van der Waals surface area contributed by atoms with Crippen LogP contribution in [0.4, 0.5) is 0 Å². The summed E-state index contributed by atoms with van der Waals surface area (Å²) < 4.78 is 6.89. The summed E-state index contributed by atoms with van der Waals surface area (Å²) >= 11 is 2.34. The normalized spacial score (nSPS) is 26.8. The number of nitriles is 1. The minimum atomic E-state index is -0.659. The van der Waals surface area contributed by atoms with E-state index in [2.05, 4.69) is 60.7 Å². The lowest BCUT2D eigenvalue weighted by Gasteiger charge is -2.41. The van der Waals surface area contributed by atoms with Crippen LogP contribution in [0, 0.1) is 20.8 Å². The molecule has 0 amide bonds. The number of methoxy groups -OCH3 is 1. The van der Waals surface area contributed by atoms with Crippen LogP contribution in [0.25, 0.3) is 0 Å². The first-order valence-electron chi connectivity index (χ1n) is 6.29. The summed E-state index contributed by atoms with van der Waals surface area (Å²) in [4.78, 5) is 0. The van der Waals surface area contributed by atoms with Crippen LogP contribution in [0.5, 0.6) is 0 Å². The van der Waals surface area contributed by atoms with E-state index in [-0.39, 0.29) is 5.92 Å². The fourth-order valence-electron chi connectivity index (χ4n) is 3.12. The third-order valence-corrected chi connectivity index (χ3v) is 4.60. The van der Waals surface area contributed by atoms with Crippen molar-refractivity contribution in [3.8, 4) is 6.07 Å². The third-order valence-electron chi connectivity index (χ3n) is 3.93. The maximum atomic E-state index is 9.56. The maximum absolute atomic E-state index is 9.56. The zero-order chi connectivity index (χ0) is 13.3. The van der Waals surface area contributed by atoms with Gasteiger partial charge in [0.05, 0.1) is 6.07 Å². The molecule has 0 fully saturated rings. The van der Waals surface area contributed by atoms with E-state index in [9.17, 15) is 5.26 Å². The summed E-state index contributed by atoms with van der Waals surface area (Å²) in [5.41, 5.74) is 2.01. The van der Waals surface area contributed by atoms with Gasteiger partial charge in [-0.3, -0.25) is 0 Å². The molecule has 18 heavy (non-hydrogen) atoms. The van der Waals surface area contributed by atoms with Crippen molar-refractivity contribution in [2.75, 3.05) is 7.11 Å². The monoisotopic (exact) mass is 355 g/mol. The Kier molecular flexibility index (Phi) is 3.98. The first kappa shape index (κ1) is 13.8. The molecule has 2 unspecified atom stereocenters. The van der Waals surface area contributed by atoms with Gasteiger partial charge in [-0.1, -0.05) is 19.9 Å². The molecule has 1 aliphatic rings. The van der Waals surface area contributed by atoms with Gasteiger partial charge in [-0.25, -0.2) is 0 Å². The maximum Gasteiger partial charge on any atom is 0.161 e. The lowest BCUT2D eigenvalue weighted by molar-refractivity contribution is -0.00995. The number of nitrogens with zero attached hydrogens (tertiary/aromatic N) is 1. The SMILES string of the molecule is COC1(C#N)CCc2cc(I)ccc2C1C(C)C. The van der Waals surface area contributed by atoms with E-state index in [1.165, 1.54) is 14.7 Å². The van der Waals surface area contributed by atoms with Gasteiger partial charge in [-0.05, 0) is 64.6 Å². The molecule has 1 aliphatic carbocycles. The molecule has 1 aromatic carbocycles. The smallest absolute Gasteiger partial charge is 0.161 e. The van der Waals surface area contributed by atoms with E-state index in [4.69, 9.17) is 4.74 Å². The van der Waals surface area contributed by atoms with Crippen molar-refractivity contribution in [3.63, 3.8) is 0 Å². The van der Waals surface area contributed by atoms with Crippen molar-refractivity contribution >= 4 is 22.6 Å². The van der Waals surface area contributed by atoms with Gasteiger partial charge in [-0.2, -0.15) is 5.26 Å². The van der Waals surface area contributed by atoms with Crippen molar-refractivity contribution in [1.29, 1.82) is 5.26 Å². The first-order valence-corrected chi connectivity index (χ1v) is 7.36. The average Bonchev–Trinajstić information content (AvgIpc) is 2.37. The fourth-order valence-corrected chi connectivity index (χ4v) is 3.67. The highest BCUT2D eigenvalue weighted by Crippen LogP contribution is 2.45. The topological polar surface area (TPSA) is 33.0 Å². The van der Waals surface area contributed by atoms with Gasteiger partial charge in [0.1, 0.15) is 0 Å². The van der Waals surface area contributed by atoms with Crippen molar-refractivity contribution in [1.82, 2.24) is 0 Å². The first-order chi connectivity index (χ1) is 8.54. The molecule has 0 saturated heterocycles. The molecule has 0 bridgehead atoms. The van der Waals surface area contributed by atoms with Gasteiger partial charge in [0.2, 0.25) is 0 Å². The third kappa shape index (κ3) is 2.17. The fraction of sp³-hybridized carbons (Fsp3) is 0.533. The van der Waals surface area contributed by atoms with Gasteiger partial charge >= 0.3 is 0 Å². The van der Waals surface area contributed by atoms with Crippen LogP contribution < -0.4 is 0 Å². The van der Waals surface area contributed by atoms with Crippen LogP contribution in [0.2, 0.25) is 0 Å². The number of rotatable bonds is 2. The summed E-state index contributed by atoms with van der Waals surface area (Å²) in [6.45, 7) is 4.34. The van der Waals surface area contributed by atoms with Crippen molar-refractivity contribution in [2.24, 2.45) is 5.92 Å². The van der Waals surface area contributed by atoms with Crippen LogP contribution in [0.15, 0.2) is 18.2 Å². The highest BCUT2D eigenvalue weighted by atomic mass is 127. The molecule has 2 rings (SSSR count). The Labute approximate surface area is 122 Å². The highest BCUT2D eigenvalue weighted by Gasteiger charge is 2.45. The quantitative estimate of drug-likeness (QED) is 0.755. The van der Waals surface area contributed by atoms with Crippen LogP contribution in [0.1, 0.15) is 37.3 Å². The molecule has 0 heterocycles. The molecule has 96 valence electrons. The summed E-state index contributed by atoms with van der Waals surface area (Å²) in [5.74, 6) is 0.553. The molecule has 0 N–H and O–H groups in total. The predicted octanol–water partition coefficient (Wildman–Crippen LogP) is 3.89. The van der Waals surface area contributed by atoms with Gasteiger partial charge in [-0.15, -0.1) is 0 Å². The van der Waals surface area contributed by atoms with E-state index < -0.39 is 5.60 Å². The predicted molar refractivity (Wildman–Crippen MR) is 80.4 cm³/mol. The Morgan fingerprint density at radius 1 is 1.50 bits per heavy atom. The van der Waals surface area contributed by atoms with Crippen LogP contribution >= 0.6 is 22.6 Å². The number of benzene rings is 1. The van der Waals surface area contributed by atoms with E-state index in [0.717, 1.165) is 12.8 Å². The van der Waals surface area contributed by atoms with Crippen LogP contribution in [-0.2, 0) is 11.2 Å². The summed E-state index contributed by atoms with van der Waals surface area (Å²) in [5, 5.41) is 9.56. The second kappa shape index (κ2) is 5.18. The number of halogens is 1. The zero-order valence-corrected chi connectivity index (χ0v) is 13.2. The van der Waals surface area contributed by atoms with Crippen molar-refractivity contribution in [3.05, 3.63) is 32.9 Å². The van der Waals surface area contributed by atoms with Gasteiger partial charge < -0.3 is 4.74 Å². The Morgan fingerprint density at radius 3 is 2.78 bits per heavy atom. The molecule has 0 aliphatic heterocycles. The number of hydrogen-bond acceptors (Lipinski definition) is 2. The molecule has 0 aromatic heterocycles. The molecule has 2 nitrogen and oxygen atoms in total. The minimum absolute atomic E-state index is 0.160. The largest absolute Gasteiger partial charge is 0.363 e. The number of ether oxygens (including phenoxy) is 1. The second-order valence-corrected chi connectivity index (χ2v) is 6.52. The lowest BCUT2D eigenvalue weighted by atomic mass is 9.67. The summed E-state index contributed by atoms with van der Waals surface area (Å²) in [6, 6.07) is 8.96. The molecule has 0 spiro atoms. The van der Waals surface area contributed by atoms with E-state index in [0.29, 0.717) is 5.92 Å². The molecular weight excluding hydrogens is 337 g/mol. The second-order valence-electron chi connectivity index (χ2n) is 5.27. The van der Waals surface area contributed by atoms with Gasteiger partial charge in [0.25, 0.3) is 0 Å². The van der Waals surface area contributed by atoms with E-state index in [1.54, 1.807) is 7.11 Å². The number of hydrogen-bond donors (Lipinski definition) is 0. The molecule has 0 radical (unpaired) electrons. The average molecular weight is 355 g/mol. The summed E-state index contributed by atoms with van der Waals surface area (Å²) in [6.07, 6.45) is 1.72. The molecule has 2 atom stereocenters. The van der Waals surface area contributed by atoms with Crippen LogP contribution in [0.3, 0.4) is 0 Å². The van der Waals surface area contributed by atoms with Gasteiger partial charge in [0, 0.05) is 16.6 Å².